The Kier molecular flexibility index (Phi) is 5.14. The lowest BCUT2D eigenvalue weighted by Crippen LogP contribution is -2.30. The van der Waals surface area contributed by atoms with Gasteiger partial charge in [-0.05, 0) is 17.1 Å². The van der Waals surface area contributed by atoms with Crippen molar-refractivity contribution in [3.63, 3.8) is 0 Å². The van der Waals surface area contributed by atoms with Gasteiger partial charge in [0.25, 0.3) is 12.2 Å². The van der Waals surface area contributed by atoms with Crippen molar-refractivity contribution in [2.24, 2.45) is 10.7 Å². The molecule has 7 nitrogen and oxygen atoms in total. The van der Waals surface area contributed by atoms with Gasteiger partial charge in [-0.2, -0.15) is 0 Å². The van der Waals surface area contributed by atoms with Crippen LogP contribution in [0.5, 0.6) is 0 Å². The molecule has 130 valence electrons. The van der Waals surface area contributed by atoms with Crippen molar-refractivity contribution >= 4 is 35.2 Å². The number of aromatic nitrogens is 2. The van der Waals surface area contributed by atoms with Crippen LogP contribution in [0.25, 0.3) is 21.8 Å². The SMILES string of the molecule is CC(=O)Nc1cc(-c2nc(-c3ccccc3)c(C(N)=NC=[NH2+])s2)ccn1. The fourth-order valence-electron chi connectivity index (χ4n) is 2.36. The molecular weight excluding hydrogens is 348 g/mol. The van der Waals surface area contributed by atoms with Crippen LogP contribution in [0.1, 0.15) is 11.8 Å². The van der Waals surface area contributed by atoms with Gasteiger partial charge in [-0.15, -0.1) is 11.3 Å². The van der Waals surface area contributed by atoms with Crippen LogP contribution in [0, 0.1) is 0 Å². The van der Waals surface area contributed by atoms with Crippen molar-refractivity contribution in [1.29, 1.82) is 0 Å². The molecule has 0 radical (unpaired) electrons. The number of pyridine rings is 1. The number of carbonyl (C=O) groups excluding carboxylic acids is 1. The van der Waals surface area contributed by atoms with Crippen molar-refractivity contribution < 1.29 is 10.2 Å². The van der Waals surface area contributed by atoms with Crippen LogP contribution in [-0.2, 0) is 4.79 Å². The van der Waals surface area contributed by atoms with Gasteiger partial charge in [0, 0.05) is 24.2 Å². The molecule has 3 aromatic rings. The van der Waals surface area contributed by atoms with E-state index < -0.39 is 0 Å². The summed E-state index contributed by atoms with van der Waals surface area (Å²) in [7, 11) is 0. The second-order valence-corrected chi connectivity index (χ2v) is 6.34. The van der Waals surface area contributed by atoms with Crippen molar-refractivity contribution in [3.05, 3.63) is 53.5 Å². The summed E-state index contributed by atoms with van der Waals surface area (Å²) >= 11 is 1.40. The number of anilines is 1. The molecule has 1 amide bonds. The van der Waals surface area contributed by atoms with Crippen LogP contribution in [0.15, 0.2) is 53.7 Å². The molecule has 0 bridgehead atoms. The van der Waals surface area contributed by atoms with Gasteiger partial charge in [0.1, 0.15) is 15.7 Å². The third kappa shape index (κ3) is 3.81. The second kappa shape index (κ2) is 7.66. The Morgan fingerprint density at radius 3 is 2.73 bits per heavy atom. The number of nitrogens with one attached hydrogen (secondary N) is 1. The van der Waals surface area contributed by atoms with E-state index in [9.17, 15) is 4.79 Å². The minimum Gasteiger partial charge on any atom is -0.362 e. The number of amidine groups is 1. The number of thiazole rings is 1. The molecule has 0 atom stereocenters. The van der Waals surface area contributed by atoms with Gasteiger partial charge in [-0.1, -0.05) is 30.3 Å². The van der Waals surface area contributed by atoms with Gasteiger partial charge in [-0.25, -0.2) is 9.97 Å². The number of rotatable bonds is 5. The van der Waals surface area contributed by atoms with E-state index in [-0.39, 0.29) is 5.91 Å². The molecule has 3 rings (SSSR count). The number of hydrogen-bond acceptors (Lipinski definition) is 4. The average molecular weight is 365 g/mol. The maximum Gasteiger partial charge on any atom is 0.279 e. The monoisotopic (exact) mass is 365 g/mol. The van der Waals surface area contributed by atoms with E-state index in [0.717, 1.165) is 33.0 Å². The van der Waals surface area contributed by atoms with Gasteiger partial charge in [-0.3, -0.25) is 10.2 Å². The number of aliphatic imine (C=N–C) groups is 1. The number of nitrogens with zero attached hydrogens (tertiary/aromatic N) is 3. The lowest BCUT2D eigenvalue weighted by molar-refractivity contribution is -0.114. The lowest BCUT2D eigenvalue weighted by atomic mass is 10.1. The Morgan fingerprint density at radius 1 is 1.27 bits per heavy atom. The minimum atomic E-state index is -0.186. The predicted molar refractivity (Wildman–Crippen MR) is 104 cm³/mol. The van der Waals surface area contributed by atoms with Gasteiger partial charge >= 0.3 is 0 Å². The number of hydrogen-bond donors (Lipinski definition) is 3. The summed E-state index contributed by atoms with van der Waals surface area (Å²) in [5.41, 5.74) is 8.55. The molecule has 0 unspecified atom stereocenters. The first kappa shape index (κ1) is 17.4. The van der Waals surface area contributed by atoms with Crippen molar-refractivity contribution in [1.82, 2.24) is 9.97 Å². The van der Waals surface area contributed by atoms with E-state index in [2.05, 4.69) is 15.3 Å². The van der Waals surface area contributed by atoms with E-state index in [1.807, 2.05) is 36.4 Å². The van der Waals surface area contributed by atoms with Gasteiger partial charge in [0.2, 0.25) is 5.91 Å². The normalized spacial score (nSPS) is 11.2. The molecule has 0 aliphatic rings. The van der Waals surface area contributed by atoms with Crippen LogP contribution in [0.2, 0.25) is 0 Å². The fourth-order valence-corrected chi connectivity index (χ4v) is 3.35. The number of amides is 1. The molecular formula is C18H17N6OS+. The molecule has 0 fully saturated rings. The average Bonchev–Trinajstić information content (AvgIpc) is 3.08. The third-order valence-electron chi connectivity index (χ3n) is 3.43. The van der Waals surface area contributed by atoms with E-state index in [0.29, 0.717) is 11.7 Å². The van der Waals surface area contributed by atoms with E-state index >= 15 is 0 Å². The highest BCUT2D eigenvalue weighted by molar-refractivity contribution is 7.17. The zero-order valence-corrected chi connectivity index (χ0v) is 14.8. The van der Waals surface area contributed by atoms with Crippen molar-refractivity contribution in [3.8, 4) is 21.8 Å². The smallest absolute Gasteiger partial charge is 0.279 e. The fraction of sp³-hybridized carbons (Fsp3) is 0.0556. The van der Waals surface area contributed by atoms with Crippen LogP contribution in [0.4, 0.5) is 5.82 Å². The first-order valence-corrected chi connectivity index (χ1v) is 8.57. The van der Waals surface area contributed by atoms with Gasteiger partial charge in [0.05, 0.1) is 5.69 Å². The largest absolute Gasteiger partial charge is 0.362 e. The lowest BCUT2D eigenvalue weighted by Gasteiger charge is -2.02. The second-order valence-electron chi connectivity index (χ2n) is 5.34. The van der Waals surface area contributed by atoms with Gasteiger partial charge in [0.15, 0.2) is 0 Å². The maximum atomic E-state index is 11.3. The summed E-state index contributed by atoms with van der Waals surface area (Å²) in [5.74, 6) is 0.575. The Balaban J connectivity index is 2.11. The minimum absolute atomic E-state index is 0.186. The molecule has 2 heterocycles. The Morgan fingerprint density at radius 2 is 2.04 bits per heavy atom. The van der Waals surface area contributed by atoms with E-state index in [1.165, 1.54) is 18.3 Å². The Labute approximate surface area is 154 Å². The molecule has 8 heteroatoms. The first-order valence-electron chi connectivity index (χ1n) is 7.76. The summed E-state index contributed by atoms with van der Waals surface area (Å²) in [6.45, 7) is 1.43. The van der Waals surface area contributed by atoms with Crippen molar-refractivity contribution in [2.75, 3.05) is 5.32 Å². The van der Waals surface area contributed by atoms with Crippen LogP contribution >= 0.6 is 11.3 Å². The number of carbonyl (C=O) groups is 1. The number of nitrogens with two attached hydrogens (primary N) is 2. The molecule has 26 heavy (non-hydrogen) atoms. The van der Waals surface area contributed by atoms with E-state index in [1.54, 1.807) is 12.3 Å². The Hall–Kier alpha value is -3.39. The molecule has 5 N–H and O–H groups in total. The third-order valence-corrected chi connectivity index (χ3v) is 4.56. The molecule has 1 aromatic carbocycles. The molecule has 0 saturated carbocycles. The maximum absolute atomic E-state index is 11.3. The summed E-state index contributed by atoms with van der Waals surface area (Å²) in [6.07, 6.45) is 2.78. The highest BCUT2D eigenvalue weighted by atomic mass is 32.1. The molecule has 2 aromatic heterocycles. The van der Waals surface area contributed by atoms with E-state index in [4.69, 9.17) is 16.1 Å². The highest BCUT2D eigenvalue weighted by Gasteiger charge is 2.19. The number of benzene rings is 1. The summed E-state index contributed by atoms with van der Waals surface area (Å²) in [4.78, 5) is 24.8. The van der Waals surface area contributed by atoms with Crippen molar-refractivity contribution in [2.45, 2.75) is 6.92 Å². The van der Waals surface area contributed by atoms with Crippen LogP contribution < -0.4 is 16.5 Å². The zero-order valence-electron chi connectivity index (χ0n) is 14.0. The molecule has 0 aliphatic carbocycles. The zero-order chi connectivity index (χ0) is 18.5. The topological polar surface area (TPSA) is 119 Å². The van der Waals surface area contributed by atoms with Crippen LogP contribution in [0.3, 0.4) is 0 Å². The first-order chi connectivity index (χ1) is 12.6. The summed E-state index contributed by atoms with van der Waals surface area (Å²) in [5, 5.41) is 8.79. The standard InChI is InChI=1S/C18H16N6OS/c1-11(25)23-14-9-13(7-8-21-14)18-24-15(12-5-3-2-4-6-12)16(26-18)17(20)22-10-19/h2-10H,1H3,(H3,19,20,22)(H,21,23,25)/p+1. The molecule has 0 aliphatic heterocycles. The quantitative estimate of drug-likeness (QED) is 0.467. The van der Waals surface area contributed by atoms with Crippen LogP contribution in [-0.4, -0.2) is 28.0 Å². The van der Waals surface area contributed by atoms with Gasteiger partial charge < -0.3 is 11.1 Å². The highest BCUT2D eigenvalue weighted by Crippen LogP contribution is 2.34. The summed E-state index contributed by atoms with van der Waals surface area (Å²) < 4.78 is 0. The Bertz CT molecular complexity index is 980. The molecule has 0 spiro atoms. The predicted octanol–water partition coefficient (Wildman–Crippen LogP) is 1.32. The summed E-state index contributed by atoms with van der Waals surface area (Å²) in [6, 6.07) is 13.3. The molecule has 0 saturated heterocycles.